The predicted octanol–water partition coefficient (Wildman–Crippen LogP) is 4.50. The van der Waals surface area contributed by atoms with Crippen LogP contribution in [-0.4, -0.2) is 28.6 Å². The lowest BCUT2D eigenvalue weighted by Gasteiger charge is -2.40. The van der Waals surface area contributed by atoms with Crippen molar-refractivity contribution < 1.29 is 0 Å². The Balaban J connectivity index is 2.19. The predicted molar refractivity (Wildman–Crippen MR) is 97.4 cm³/mol. The van der Waals surface area contributed by atoms with Crippen molar-refractivity contribution in [1.29, 1.82) is 0 Å². The van der Waals surface area contributed by atoms with E-state index in [2.05, 4.69) is 94.0 Å². The summed E-state index contributed by atoms with van der Waals surface area (Å²) in [5, 5.41) is 0. The van der Waals surface area contributed by atoms with Crippen LogP contribution in [0.15, 0.2) is 53.7 Å². The van der Waals surface area contributed by atoms with Crippen molar-refractivity contribution in [2.45, 2.75) is 60.2 Å². The Hall–Kier alpha value is -1.48. The topological polar surface area (TPSA) is 6.48 Å². The molecule has 0 radical (unpaired) electrons. The highest BCUT2D eigenvalue weighted by Gasteiger charge is 2.33. The maximum absolute atomic E-state index is 2.59. The van der Waals surface area contributed by atoms with Crippen LogP contribution < -0.4 is 0 Å². The minimum Gasteiger partial charge on any atom is -0.351 e. The summed E-state index contributed by atoms with van der Waals surface area (Å²) in [6.07, 6.45) is 4.62. The SMILES string of the molecule is CC1=CN(Cc2ccccc2)C=C(C)B1N(C(C)C)C(C)C. The number of nitrogens with zero attached hydrogens (tertiary/aromatic N) is 2. The van der Waals surface area contributed by atoms with Crippen molar-refractivity contribution in [3.8, 4) is 0 Å². The van der Waals surface area contributed by atoms with Crippen molar-refractivity contribution in [3.63, 3.8) is 0 Å². The second kappa shape index (κ2) is 7.19. The van der Waals surface area contributed by atoms with Gasteiger partial charge in [-0.05, 0) is 43.9 Å². The molecule has 0 bridgehead atoms. The lowest BCUT2D eigenvalue weighted by atomic mass is 9.47. The zero-order valence-electron chi connectivity index (χ0n) is 14.9. The zero-order chi connectivity index (χ0) is 16.3. The van der Waals surface area contributed by atoms with E-state index in [4.69, 9.17) is 0 Å². The van der Waals surface area contributed by atoms with E-state index in [0.29, 0.717) is 18.9 Å². The average Bonchev–Trinajstić information content (AvgIpc) is 2.43. The Kier molecular flexibility index (Phi) is 5.52. The Bertz CT molecular complexity index is 518. The van der Waals surface area contributed by atoms with E-state index in [1.165, 1.54) is 16.5 Å². The number of benzene rings is 1. The molecule has 0 spiro atoms. The number of hydrogen-bond donors (Lipinski definition) is 0. The summed E-state index contributed by atoms with van der Waals surface area (Å²) in [6.45, 7) is 15.0. The molecule has 118 valence electrons. The Morgan fingerprint density at radius 2 is 1.41 bits per heavy atom. The van der Waals surface area contributed by atoms with Crippen molar-refractivity contribution in [1.82, 2.24) is 9.71 Å². The third kappa shape index (κ3) is 3.83. The number of rotatable bonds is 5. The van der Waals surface area contributed by atoms with Gasteiger partial charge < -0.3 is 9.71 Å². The highest BCUT2D eigenvalue weighted by molar-refractivity contribution is 6.71. The fourth-order valence-electron chi connectivity index (χ4n) is 3.61. The summed E-state index contributed by atoms with van der Waals surface area (Å²) >= 11 is 0. The van der Waals surface area contributed by atoms with Crippen LogP contribution in [0.25, 0.3) is 0 Å². The average molecular weight is 296 g/mol. The molecule has 1 aromatic carbocycles. The first-order valence-corrected chi connectivity index (χ1v) is 8.34. The van der Waals surface area contributed by atoms with Gasteiger partial charge in [-0.25, -0.2) is 0 Å². The molecule has 1 aromatic rings. The third-order valence-electron chi connectivity index (χ3n) is 4.30. The lowest BCUT2D eigenvalue weighted by molar-refractivity contribution is 0.305. The van der Waals surface area contributed by atoms with Gasteiger partial charge in [0.2, 0.25) is 0 Å². The maximum Gasteiger partial charge on any atom is 0.286 e. The Morgan fingerprint density at radius 1 is 0.909 bits per heavy atom. The molecule has 0 saturated heterocycles. The van der Waals surface area contributed by atoms with Gasteiger partial charge in [-0.15, -0.1) is 0 Å². The van der Waals surface area contributed by atoms with E-state index in [-0.39, 0.29) is 0 Å². The van der Waals surface area contributed by atoms with Crippen molar-refractivity contribution in [2.75, 3.05) is 0 Å². The summed E-state index contributed by atoms with van der Waals surface area (Å²) in [4.78, 5) is 4.91. The van der Waals surface area contributed by atoms with Gasteiger partial charge in [-0.3, -0.25) is 0 Å². The molecule has 0 N–H and O–H groups in total. The van der Waals surface area contributed by atoms with Crippen LogP contribution >= 0.6 is 0 Å². The molecule has 0 fully saturated rings. The van der Waals surface area contributed by atoms with Gasteiger partial charge in [0.1, 0.15) is 0 Å². The van der Waals surface area contributed by atoms with E-state index in [1.54, 1.807) is 0 Å². The van der Waals surface area contributed by atoms with E-state index in [9.17, 15) is 0 Å². The van der Waals surface area contributed by atoms with Gasteiger partial charge in [0.15, 0.2) is 0 Å². The quantitative estimate of drug-likeness (QED) is 0.738. The van der Waals surface area contributed by atoms with Crippen LogP contribution in [0.1, 0.15) is 47.1 Å². The van der Waals surface area contributed by atoms with Gasteiger partial charge >= 0.3 is 0 Å². The zero-order valence-corrected chi connectivity index (χ0v) is 14.9. The van der Waals surface area contributed by atoms with Gasteiger partial charge in [-0.1, -0.05) is 69.0 Å². The molecular weight excluding hydrogens is 267 g/mol. The minimum absolute atomic E-state index is 0.423. The van der Waals surface area contributed by atoms with Crippen LogP contribution in [0, 0.1) is 0 Å². The Labute approximate surface area is 136 Å². The smallest absolute Gasteiger partial charge is 0.286 e. The fourth-order valence-corrected chi connectivity index (χ4v) is 3.61. The highest BCUT2D eigenvalue weighted by Crippen LogP contribution is 2.25. The highest BCUT2D eigenvalue weighted by atomic mass is 15.1. The first-order chi connectivity index (χ1) is 10.4. The summed E-state index contributed by atoms with van der Waals surface area (Å²) in [5.74, 6) is 0. The van der Waals surface area contributed by atoms with Crippen LogP contribution in [0.5, 0.6) is 0 Å². The fraction of sp³-hybridized carbons (Fsp3) is 0.474. The summed E-state index contributed by atoms with van der Waals surface area (Å²) in [5.41, 5.74) is 4.20. The molecule has 22 heavy (non-hydrogen) atoms. The normalized spacial score (nSPS) is 15.7. The van der Waals surface area contributed by atoms with Crippen LogP contribution in [-0.2, 0) is 6.54 Å². The van der Waals surface area contributed by atoms with Crippen molar-refractivity contribution in [3.05, 3.63) is 59.2 Å². The molecule has 0 saturated carbocycles. The molecule has 0 atom stereocenters. The molecule has 3 heteroatoms. The molecule has 0 aliphatic carbocycles. The largest absolute Gasteiger partial charge is 0.351 e. The summed E-state index contributed by atoms with van der Waals surface area (Å²) in [6, 6.07) is 11.7. The first-order valence-electron chi connectivity index (χ1n) is 8.34. The minimum atomic E-state index is 0.423. The molecular formula is C19H29BN2. The van der Waals surface area contributed by atoms with Gasteiger partial charge in [-0.2, -0.15) is 0 Å². The van der Waals surface area contributed by atoms with Crippen LogP contribution in [0.2, 0.25) is 0 Å². The van der Waals surface area contributed by atoms with E-state index in [1.807, 2.05) is 0 Å². The lowest BCUT2D eigenvalue weighted by Crippen LogP contribution is -2.51. The van der Waals surface area contributed by atoms with Gasteiger partial charge in [0.05, 0.1) is 0 Å². The monoisotopic (exact) mass is 296 g/mol. The molecule has 2 nitrogen and oxygen atoms in total. The van der Waals surface area contributed by atoms with Gasteiger partial charge in [0, 0.05) is 6.54 Å². The van der Waals surface area contributed by atoms with Crippen LogP contribution in [0.4, 0.5) is 0 Å². The molecule has 2 rings (SSSR count). The van der Waals surface area contributed by atoms with E-state index < -0.39 is 0 Å². The molecule has 0 unspecified atom stereocenters. The Morgan fingerprint density at radius 3 is 1.86 bits per heavy atom. The molecule has 1 heterocycles. The van der Waals surface area contributed by atoms with Gasteiger partial charge in [0.25, 0.3) is 6.85 Å². The second-order valence-corrected chi connectivity index (χ2v) is 6.94. The van der Waals surface area contributed by atoms with Crippen molar-refractivity contribution >= 4 is 6.85 Å². The first kappa shape index (κ1) is 16.9. The maximum atomic E-state index is 2.59. The molecule has 0 aromatic heterocycles. The number of allylic oxidation sites excluding steroid dienone is 2. The standard InChI is InChI=1S/C19H29BN2/c1-15(2)22(16(3)4)20-17(5)12-21(13-18(20)6)14-19-10-8-7-9-11-19/h7-13,15-16H,14H2,1-6H3. The van der Waals surface area contributed by atoms with E-state index >= 15 is 0 Å². The van der Waals surface area contributed by atoms with Crippen LogP contribution in [0.3, 0.4) is 0 Å². The molecule has 1 aliphatic rings. The summed E-state index contributed by atoms with van der Waals surface area (Å²) < 4.78 is 0. The second-order valence-electron chi connectivity index (χ2n) is 6.94. The third-order valence-corrected chi connectivity index (χ3v) is 4.30. The number of hydrogen-bond acceptors (Lipinski definition) is 2. The molecule has 0 amide bonds. The van der Waals surface area contributed by atoms with Crippen molar-refractivity contribution in [2.24, 2.45) is 0 Å². The van der Waals surface area contributed by atoms with E-state index in [0.717, 1.165) is 6.54 Å². The molecule has 1 aliphatic heterocycles. The summed E-state index contributed by atoms with van der Waals surface area (Å²) in [7, 11) is 0.